The summed E-state index contributed by atoms with van der Waals surface area (Å²) in [5.74, 6) is -0.0903. The van der Waals surface area contributed by atoms with Gasteiger partial charge in [-0.2, -0.15) is 0 Å². The zero-order valence-corrected chi connectivity index (χ0v) is 15.6. The Balaban J connectivity index is 0.00000208. The second-order valence-corrected chi connectivity index (χ2v) is 5.73. The van der Waals surface area contributed by atoms with Gasteiger partial charge in [-0.15, -0.1) is 24.0 Å². The van der Waals surface area contributed by atoms with Crippen molar-refractivity contribution in [2.45, 2.75) is 25.8 Å². The van der Waals surface area contributed by atoms with E-state index in [0.29, 0.717) is 18.1 Å². The average molecular weight is 436 g/mol. The van der Waals surface area contributed by atoms with E-state index in [0.717, 1.165) is 24.1 Å². The standard InChI is InChI=1S/C18H20N4O.HI/c19-17(23)15-6-1-3-12(9-15)11-21-18(20)22-16-8-7-13-4-2-5-14(13)10-16;/h1,3,6-10H,2,4-5,11H2,(H2,19,23)(H3,20,21,22);1H. The van der Waals surface area contributed by atoms with Gasteiger partial charge in [-0.1, -0.05) is 18.2 Å². The number of carbonyl (C=O) groups is 1. The molecule has 0 saturated carbocycles. The Morgan fingerprint density at radius 1 is 1.08 bits per heavy atom. The molecule has 0 fully saturated rings. The number of aryl methyl sites for hydroxylation is 2. The molecule has 0 unspecified atom stereocenters. The number of benzene rings is 2. The first kappa shape index (κ1) is 18.3. The molecule has 1 amide bonds. The van der Waals surface area contributed by atoms with Gasteiger partial charge in [0, 0.05) is 11.3 Å². The van der Waals surface area contributed by atoms with Crippen LogP contribution >= 0.6 is 24.0 Å². The van der Waals surface area contributed by atoms with Gasteiger partial charge in [-0.3, -0.25) is 4.79 Å². The molecule has 1 aliphatic rings. The lowest BCUT2D eigenvalue weighted by molar-refractivity contribution is 0.1000. The Morgan fingerprint density at radius 2 is 1.88 bits per heavy atom. The highest BCUT2D eigenvalue weighted by molar-refractivity contribution is 14.0. The van der Waals surface area contributed by atoms with Gasteiger partial charge >= 0.3 is 0 Å². The Bertz CT molecular complexity index is 773. The lowest BCUT2D eigenvalue weighted by Crippen LogP contribution is -2.22. The molecule has 0 spiro atoms. The van der Waals surface area contributed by atoms with Crippen molar-refractivity contribution in [1.82, 2.24) is 0 Å². The quantitative estimate of drug-likeness (QED) is 0.391. The number of primary amides is 1. The fourth-order valence-corrected chi connectivity index (χ4v) is 2.84. The van der Waals surface area contributed by atoms with Gasteiger partial charge in [0.2, 0.25) is 5.91 Å². The highest BCUT2D eigenvalue weighted by atomic mass is 127. The van der Waals surface area contributed by atoms with Gasteiger partial charge in [0.15, 0.2) is 5.96 Å². The van der Waals surface area contributed by atoms with Crippen molar-refractivity contribution >= 4 is 41.5 Å². The number of guanidine groups is 1. The Kier molecular flexibility index (Phi) is 6.19. The van der Waals surface area contributed by atoms with Crippen molar-refractivity contribution in [3.05, 3.63) is 64.7 Å². The molecular formula is C18H21IN4O. The first-order chi connectivity index (χ1) is 11.1. The molecule has 0 atom stereocenters. The van der Waals surface area contributed by atoms with Crippen LogP contribution in [0, 0.1) is 0 Å². The van der Waals surface area contributed by atoms with Gasteiger partial charge in [0.1, 0.15) is 0 Å². The maximum Gasteiger partial charge on any atom is 0.248 e. The number of amides is 1. The molecule has 5 N–H and O–H groups in total. The third-order valence-corrected chi connectivity index (χ3v) is 4.01. The fraction of sp³-hybridized carbons (Fsp3) is 0.222. The van der Waals surface area contributed by atoms with E-state index < -0.39 is 5.91 Å². The summed E-state index contributed by atoms with van der Waals surface area (Å²) < 4.78 is 0. The summed E-state index contributed by atoms with van der Waals surface area (Å²) in [4.78, 5) is 15.5. The van der Waals surface area contributed by atoms with Gasteiger partial charge in [-0.25, -0.2) is 4.99 Å². The van der Waals surface area contributed by atoms with Crippen molar-refractivity contribution in [2.75, 3.05) is 5.32 Å². The molecule has 0 aromatic heterocycles. The largest absolute Gasteiger partial charge is 0.370 e. The second-order valence-electron chi connectivity index (χ2n) is 5.73. The van der Waals surface area contributed by atoms with Crippen LogP contribution in [-0.2, 0) is 19.4 Å². The summed E-state index contributed by atoms with van der Waals surface area (Å²) in [6.45, 7) is 0.394. The molecule has 0 heterocycles. The SMILES string of the molecule is I.NC(=O)c1cccc(CN=C(N)Nc2ccc3c(c2)CCC3)c1. The summed E-state index contributed by atoms with van der Waals surface area (Å²) in [7, 11) is 0. The molecule has 1 aliphatic carbocycles. The summed E-state index contributed by atoms with van der Waals surface area (Å²) in [5.41, 5.74) is 16.3. The van der Waals surface area contributed by atoms with E-state index >= 15 is 0 Å². The first-order valence-electron chi connectivity index (χ1n) is 7.69. The molecule has 0 radical (unpaired) electrons. The molecule has 2 aromatic rings. The number of fused-ring (bicyclic) bond motifs is 1. The first-order valence-corrected chi connectivity index (χ1v) is 7.69. The van der Waals surface area contributed by atoms with Gasteiger partial charge in [0.05, 0.1) is 6.54 Å². The normalized spacial score (nSPS) is 13.1. The lowest BCUT2D eigenvalue weighted by Gasteiger charge is -2.08. The number of halogens is 1. The molecule has 126 valence electrons. The highest BCUT2D eigenvalue weighted by Crippen LogP contribution is 2.24. The zero-order chi connectivity index (χ0) is 16.2. The van der Waals surface area contributed by atoms with E-state index in [4.69, 9.17) is 11.5 Å². The van der Waals surface area contributed by atoms with E-state index in [1.54, 1.807) is 18.2 Å². The Labute approximate surface area is 158 Å². The van der Waals surface area contributed by atoms with E-state index in [1.807, 2.05) is 12.1 Å². The molecule has 6 heteroatoms. The van der Waals surface area contributed by atoms with Crippen LogP contribution in [0.1, 0.15) is 33.5 Å². The molecule has 2 aromatic carbocycles. The number of nitrogens with one attached hydrogen (secondary N) is 1. The minimum atomic E-state index is -0.444. The molecular weight excluding hydrogens is 415 g/mol. The van der Waals surface area contributed by atoms with Crippen LogP contribution < -0.4 is 16.8 Å². The summed E-state index contributed by atoms with van der Waals surface area (Å²) in [5, 5.41) is 3.12. The van der Waals surface area contributed by atoms with Crippen LogP contribution in [0.5, 0.6) is 0 Å². The molecule has 3 rings (SSSR count). The summed E-state index contributed by atoms with van der Waals surface area (Å²) >= 11 is 0. The predicted octanol–water partition coefficient (Wildman–Crippen LogP) is 2.82. The molecule has 24 heavy (non-hydrogen) atoms. The van der Waals surface area contributed by atoms with Crippen molar-refractivity contribution in [2.24, 2.45) is 16.5 Å². The van der Waals surface area contributed by atoms with E-state index in [9.17, 15) is 4.79 Å². The molecule has 5 nitrogen and oxygen atoms in total. The molecule has 0 bridgehead atoms. The predicted molar refractivity (Wildman–Crippen MR) is 108 cm³/mol. The summed E-state index contributed by atoms with van der Waals surface area (Å²) in [6.07, 6.45) is 3.51. The fourth-order valence-electron chi connectivity index (χ4n) is 2.84. The van der Waals surface area contributed by atoms with Crippen LogP contribution in [0.3, 0.4) is 0 Å². The van der Waals surface area contributed by atoms with Gasteiger partial charge < -0.3 is 16.8 Å². The topological polar surface area (TPSA) is 93.5 Å². The third-order valence-electron chi connectivity index (χ3n) is 4.01. The number of rotatable bonds is 4. The number of hydrogen-bond donors (Lipinski definition) is 3. The zero-order valence-electron chi connectivity index (χ0n) is 13.3. The number of nitrogens with two attached hydrogens (primary N) is 2. The van der Waals surface area contributed by atoms with Crippen molar-refractivity contribution in [1.29, 1.82) is 0 Å². The molecule has 0 aliphatic heterocycles. The Hall–Kier alpha value is -2.09. The van der Waals surface area contributed by atoms with Crippen LogP contribution in [0.25, 0.3) is 0 Å². The minimum absolute atomic E-state index is 0. The third kappa shape index (κ3) is 4.47. The van der Waals surface area contributed by atoms with Gasteiger partial charge in [-0.05, 0) is 60.2 Å². The maximum atomic E-state index is 11.2. The smallest absolute Gasteiger partial charge is 0.248 e. The summed E-state index contributed by atoms with van der Waals surface area (Å²) in [6, 6.07) is 13.4. The lowest BCUT2D eigenvalue weighted by atomic mass is 10.1. The second kappa shape index (κ2) is 8.14. The van der Waals surface area contributed by atoms with Crippen molar-refractivity contribution in [3.8, 4) is 0 Å². The van der Waals surface area contributed by atoms with Crippen LogP contribution in [-0.4, -0.2) is 11.9 Å². The Morgan fingerprint density at radius 3 is 2.67 bits per heavy atom. The number of aliphatic imine (C=N–C) groups is 1. The highest BCUT2D eigenvalue weighted by Gasteiger charge is 2.10. The monoisotopic (exact) mass is 436 g/mol. The number of nitrogens with zero attached hydrogens (tertiary/aromatic N) is 1. The van der Waals surface area contributed by atoms with E-state index in [2.05, 4.69) is 22.4 Å². The number of carbonyl (C=O) groups excluding carboxylic acids is 1. The minimum Gasteiger partial charge on any atom is -0.370 e. The maximum absolute atomic E-state index is 11.2. The van der Waals surface area contributed by atoms with Gasteiger partial charge in [0.25, 0.3) is 0 Å². The van der Waals surface area contributed by atoms with Crippen molar-refractivity contribution < 1.29 is 4.79 Å². The van der Waals surface area contributed by atoms with Crippen LogP contribution in [0.2, 0.25) is 0 Å². The van der Waals surface area contributed by atoms with Crippen LogP contribution in [0.4, 0.5) is 5.69 Å². The molecule has 0 saturated heterocycles. The number of anilines is 1. The van der Waals surface area contributed by atoms with Crippen molar-refractivity contribution in [3.63, 3.8) is 0 Å². The number of hydrogen-bond acceptors (Lipinski definition) is 2. The van der Waals surface area contributed by atoms with E-state index in [-0.39, 0.29) is 24.0 Å². The van der Waals surface area contributed by atoms with Crippen LogP contribution in [0.15, 0.2) is 47.5 Å². The average Bonchev–Trinajstić information content (AvgIpc) is 3.01. The van der Waals surface area contributed by atoms with E-state index in [1.165, 1.54) is 17.5 Å².